The summed E-state index contributed by atoms with van der Waals surface area (Å²) in [5.41, 5.74) is 2.45. The van der Waals surface area contributed by atoms with Crippen molar-refractivity contribution in [3.8, 4) is 0 Å². The van der Waals surface area contributed by atoms with Gasteiger partial charge in [0, 0.05) is 28.9 Å². The molecule has 0 aliphatic carbocycles. The molecule has 0 radical (unpaired) electrons. The smallest absolute Gasteiger partial charge is 0.255 e. The maximum atomic E-state index is 12.2. The first kappa shape index (κ1) is 14.7. The molecule has 2 bridgehead atoms. The fourth-order valence-electron chi connectivity index (χ4n) is 3.27. The van der Waals surface area contributed by atoms with Gasteiger partial charge in [-0.05, 0) is 42.3 Å². The normalized spacial score (nSPS) is 25.5. The number of fused-ring (bicyclic) bond motifs is 2. The summed E-state index contributed by atoms with van der Waals surface area (Å²) in [6, 6.07) is 15.2. The van der Waals surface area contributed by atoms with Crippen LogP contribution in [0.2, 0.25) is 5.02 Å². The molecule has 5 heteroatoms. The van der Waals surface area contributed by atoms with Crippen LogP contribution in [0.5, 0.6) is 0 Å². The summed E-state index contributed by atoms with van der Waals surface area (Å²) in [4.78, 5) is 12.2. The van der Waals surface area contributed by atoms with Crippen LogP contribution in [-0.2, 0) is 4.74 Å². The summed E-state index contributed by atoms with van der Waals surface area (Å²) in [5, 5.41) is 6.90. The van der Waals surface area contributed by atoms with Crippen LogP contribution in [0, 0.1) is 0 Å². The zero-order valence-electron chi connectivity index (χ0n) is 12.5. The van der Waals surface area contributed by atoms with Gasteiger partial charge in [-0.25, -0.2) is 0 Å². The molecule has 0 aromatic heterocycles. The Kier molecular flexibility index (Phi) is 3.81. The summed E-state index contributed by atoms with van der Waals surface area (Å²) in [6.45, 7) is 0.953. The number of rotatable bonds is 3. The van der Waals surface area contributed by atoms with Crippen LogP contribution in [0.15, 0.2) is 48.5 Å². The topological polar surface area (TPSA) is 50.4 Å². The van der Waals surface area contributed by atoms with E-state index in [1.54, 1.807) is 24.3 Å². The Labute approximate surface area is 139 Å². The third kappa shape index (κ3) is 2.98. The number of amides is 1. The molecular weight excluding hydrogens is 312 g/mol. The molecule has 23 heavy (non-hydrogen) atoms. The molecular formula is C18H17ClN2O2. The highest BCUT2D eigenvalue weighted by Gasteiger charge is 2.41. The lowest BCUT2D eigenvalue weighted by Gasteiger charge is -2.23. The second-order valence-electron chi connectivity index (χ2n) is 6.02. The Hall–Kier alpha value is -1.88. The number of anilines is 1. The van der Waals surface area contributed by atoms with E-state index < -0.39 is 0 Å². The monoisotopic (exact) mass is 328 g/mol. The van der Waals surface area contributed by atoms with Gasteiger partial charge < -0.3 is 15.4 Å². The van der Waals surface area contributed by atoms with Crippen molar-refractivity contribution in [1.82, 2.24) is 5.32 Å². The van der Waals surface area contributed by atoms with Crippen molar-refractivity contribution in [2.45, 2.75) is 24.7 Å². The first-order chi connectivity index (χ1) is 11.2. The quantitative estimate of drug-likeness (QED) is 0.908. The molecule has 118 valence electrons. The Bertz CT molecular complexity index is 732. The third-order valence-corrected chi connectivity index (χ3v) is 4.65. The average molecular weight is 329 g/mol. The number of halogens is 1. The zero-order valence-corrected chi connectivity index (χ0v) is 13.2. The van der Waals surface area contributed by atoms with E-state index in [0.29, 0.717) is 22.7 Å². The predicted octanol–water partition coefficient (Wildman–Crippen LogP) is 3.39. The van der Waals surface area contributed by atoms with Crippen molar-refractivity contribution in [3.63, 3.8) is 0 Å². The van der Waals surface area contributed by atoms with E-state index in [1.807, 2.05) is 24.3 Å². The van der Waals surface area contributed by atoms with Crippen LogP contribution in [0.25, 0.3) is 0 Å². The fraction of sp³-hybridized carbons (Fsp3) is 0.278. The van der Waals surface area contributed by atoms with Crippen molar-refractivity contribution in [1.29, 1.82) is 0 Å². The van der Waals surface area contributed by atoms with Crippen molar-refractivity contribution in [2.75, 3.05) is 11.9 Å². The van der Waals surface area contributed by atoms with Crippen LogP contribution >= 0.6 is 11.6 Å². The van der Waals surface area contributed by atoms with Gasteiger partial charge in [0.2, 0.25) is 0 Å². The predicted molar refractivity (Wildman–Crippen MR) is 89.9 cm³/mol. The first-order valence-electron chi connectivity index (χ1n) is 7.75. The Morgan fingerprint density at radius 1 is 1.22 bits per heavy atom. The number of nitrogens with one attached hydrogen (secondary N) is 2. The Balaban J connectivity index is 1.45. The first-order valence-corrected chi connectivity index (χ1v) is 8.12. The summed E-state index contributed by atoms with van der Waals surface area (Å²) in [5.74, 6) is -0.168. The summed E-state index contributed by atoms with van der Waals surface area (Å²) in [6.07, 6.45) is 1.54. The highest BCUT2D eigenvalue weighted by molar-refractivity contribution is 6.31. The molecule has 3 atom stereocenters. The molecule has 2 aliphatic rings. The highest BCUT2D eigenvalue weighted by Crippen LogP contribution is 2.37. The van der Waals surface area contributed by atoms with Gasteiger partial charge in [-0.2, -0.15) is 0 Å². The lowest BCUT2D eigenvalue weighted by Crippen LogP contribution is -2.33. The largest absolute Gasteiger partial charge is 0.367 e. The zero-order chi connectivity index (χ0) is 15.8. The van der Waals surface area contributed by atoms with Gasteiger partial charge in [-0.15, -0.1) is 0 Å². The van der Waals surface area contributed by atoms with E-state index in [-0.39, 0.29) is 12.0 Å². The van der Waals surface area contributed by atoms with Crippen LogP contribution in [0.1, 0.15) is 28.4 Å². The third-order valence-electron chi connectivity index (χ3n) is 4.41. The molecule has 2 heterocycles. The average Bonchev–Trinajstić information content (AvgIpc) is 3.19. The van der Waals surface area contributed by atoms with Crippen LogP contribution in [0.4, 0.5) is 5.69 Å². The van der Waals surface area contributed by atoms with Gasteiger partial charge in [0.15, 0.2) is 0 Å². The number of benzene rings is 2. The molecule has 2 aliphatic heterocycles. The maximum Gasteiger partial charge on any atom is 0.255 e. The van der Waals surface area contributed by atoms with Gasteiger partial charge in [0.1, 0.15) is 0 Å². The minimum absolute atomic E-state index is 0.117. The lowest BCUT2D eigenvalue weighted by atomic mass is 10.0. The standard InChI is InChI=1S/C18H17ClN2O2/c19-13-3-1-2-12(8-13)18(22)21-14-6-4-11(5-7-14)17-16-9-15(23-17)10-20-16/h1-8,15-17,20H,9-10H2,(H,21,22)/t15-,16+,17-/m1/s1. The summed E-state index contributed by atoms with van der Waals surface area (Å²) < 4.78 is 5.99. The Morgan fingerprint density at radius 3 is 2.70 bits per heavy atom. The van der Waals surface area contributed by atoms with E-state index in [4.69, 9.17) is 16.3 Å². The van der Waals surface area contributed by atoms with Crippen molar-refractivity contribution < 1.29 is 9.53 Å². The van der Waals surface area contributed by atoms with Gasteiger partial charge in [-0.3, -0.25) is 4.79 Å². The molecule has 4 rings (SSSR count). The SMILES string of the molecule is O=C(Nc1ccc([C@H]2O[C@H]3CN[C@H]2C3)cc1)c1cccc(Cl)c1. The number of ether oxygens (including phenoxy) is 1. The minimum atomic E-state index is -0.168. The van der Waals surface area contributed by atoms with Crippen LogP contribution < -0.4 is 10.6 Å². The summed E-state index contributed by atoms with van der Waals surface area (Å²) in [7, 11) is 0. The van der Waals surface area contributed by atoms with E-state index in [9.17, 15) is 4.79 Å². The number of carbonyl (C=O) groups is 1. The minimum Gasteiger partial charge on any atom is -0.367 e. The van der Waals surface area contributed by atoms with Gasteiger partial charge >= 0.3 is 0 Å². The van der Waals surface area contributed by atoms with E-state index >= 15 is 0 Å². The Morgan fingerprint density at radius 2 is 2.04 bits per heavy atom. The van der Waals surface area contributed by atoms with Crippen molar-refractivity contribution in [3.05, 3.63) is 64.7 Å². The van der Waals surface area contributed by atoms with Gasteiger partial charge in [0.25, 0.3) is 5.91 Å². The lowest BCUT2D eigenvalue weighted by molar-refractivity contribution is 0.0160. The number of hydrogen-bond donors (Lipinski definition) is 2. The second kappa shape index (κ2) is 5.96. The highest BCUT2D eigenvalue weighted by atomic mass is 35.5. The van der Waals surface area contributed by atoms with Crippen molar-refractivity contribution in [2.24, 2.45) is 0 Å². The number of morpholine rings is 1. The molecule has 2 aromatic rings. The van der Waals surface area contributed by atoms with Gasteiger partial charge in [0.05, 0.1) is 12.2 Å². The van der Waals surface area contributed by atoms with Crippen LogP contribution in [-0.4, -0.2) is 24.6 Å². The molecule has 2 aromatic carbocycles. The fourth-order valence-corrected chi connectivity index (χ4v) is 3.46. The van der Waals surface area contributed by atoms with Gasteiger partial charge in [-0.1, -0.05) is 29.8 Å². The molecule has 0 spiro atoms. The molecule has 0 unspecified atom stereocenters. The maximum absolute atomic E-state index is 12.2. The molecule has 1 amide bonds. The number of hydrogen-bond acceptors (Lipinski definition) is 3. The van der Waals surface area contributed by atoms with Crippen molar-refractivity contribution >= 4 is 23.2 Å². The molecule has 2 fully saturated rings. The van der Waals surface area contributed by atoms with Crippen LogP contribution in [0.3, 0.4) is 0 Å². The van der Waals surface area contributed by atoms with E-state index in [1.165, 1.54) is 0 Å². The van der Waals surface area contributed by atoms with E-state index in [0.717, 1.165) is 24.2 Å². The number of carbonyl (C=O) groups excluding carboxylic acids is 1. The van der Waals surface area contributed by atoms with E-state index in [2.05, 4.69) is 10.6 Å². The second-order valence-corrected chi connectivity index (χ2v) is 6.45. The molecule has 2 N–H and O–H groups in total. The summed E-state index contributed by atoms with van der Waals surface area (Å²) >= 11 is 5.92. The molecule has 0 saturated carbocycles. The molecule has 2 saturated heterocycles. The molecule has 4 nitrogen and oxygen atoms in total.